The number of amides is 1. The molecule has 3 aromatic rings. The van der Waals surface area contributed by atoms with E-state index in [4.69, 9.17) is 9.47 Å². The number of anilines is 1. The molecule has 40 heavy (non-hydrogen) atoms. The first kappa shape index (κ1) is 29.4. The summed E-state index contributed by atoms with van der Waals surface area (Å²) in [6.07, 6.45) is -0.254. The Hall–Kier alpha value is -3.60. The number of aliphatic hydroxyl groups excluding tert-OH is 1. The lowest BCUT2D eigenvalue weighted by molar-refractivity contribution is 0.0341. The van der Waals surface area contributed by atoms with E-state index in [-0.39, 0.29) is 40.7 Å². The van der Waals surface area contributed by atoms with E-state index < -0.39 is 16.1 Å². The average Bonchev–Trinajstić information content (AvgIpc) is 2.95. The molecule has 1 aliphatic rings. The molecule has 10 heteroatoms. The lowest BCUT2D eigenvalue weighted by Gasteiger charge is -2.38. The maximum absolute atomic E-state index is 13.7. The molecule has 1 amide bonds. The molecule has 9 nitrogen and oxygen atoms in total. The minimum atomic E-state index is -3.92. The lowest BCUT2D eigenvalue weighted by atomic mass is 9.99. The number of nitrogens with zero attached hydrogens (tertiary/aromatic N) is 2. The Balaban J connectivity index is 1.62. The van der Waals surface area contributed by atoms with Crippen LogP contribution in [0.25, 0.3) is 0 Å². The van der Waals surface area contributed by atoms with E-state index in [0.717, 1.165) is 6.54 Å². The number of benzene rings is 3. The molecule has 3 atom stereocenters. The van der Waals surface area contributed by atoms with Gasteiger partial charge in [-0.15, -0.1) is 0 Å². The number of methoxy groups -OCH3 is 1. The largest absolute Gasteiger partial charge is 0.497 e. The first-order valence-electron chi connectivity index (χ1n) is 13.2. The molecule has 214 valence electrons. The standard InChI is InChI=1S/C30H37N3O6S/c1-21-17-33(22(2)20-34)30(35)27-16-24(31-40(36,37)26-13-11-25(38-4)12-14-26)10-15-28(27)39-29(21)19-32(3)18-23-8-6-5-7-9-23/h5-16,21-22,29,31,34H,17-20H2,1-4H3/t21-,22-,29-/m1/s1. The third-order valence-electron chi connectivity index (χ3n) is 7.07. The number of ether oxygens (including phenoxy) is 2. The molecule has 0 fully saturated rings. The van der Waals surface area contributed by atoms with Crippen molar-refractivity contribution in [1.82, 2.24) is 9.80 Å². The lowest BCUT2D eigenvalue weighted by Crippen LogP contribution is -2.49. The highest BCUT2D eigenvalue weighted by Gasteiger charge is 2.33. The molecule has 0 saturated heterocycles. The number of rotatable bonds is 10. The minimum absolute atomic E-state index is 0.0300. The van der Waals surface area contributed by atoms with Gasteiger partial charge in [0, 0.05) is 31.2 Å². The number of carbonyl (C=O) groups is 1. The van der Waals surface area contributed by atoms with Gasteiger partial charge in [-0.25, -0.2) is 8.42 Å². The Kier molecular flexibility index (Phi) is 9.34. The number of likely N-dealkylation sites (N-methyl/N-ethyl adjacent to an activating group) is 1. The summed E-state index contributed by atoms with van der Waals surface area (Å²) in [4.78, 5) is 17.6. The van der Waals surface area contributed by atoms with Crippen LogP contribution >= 0.6 is 0 Å². The predicted octanol–water partition coefficient (Wildman–Crippen LogP) is 3.85. The molecule has 0 spiro atoms. The fourth-order valence-electron chi connectivity index (χ4n) is 4.74. The van der Waals surface area contributed by atoms with Crippen LogP contribution in [-0.4, -0.2) is 75.2 Å². The number of fused-ring (bicyclic) bond motifs is 1. The molecule has 0 unspecified atom stereocenters. The van der Waals surface area contributed by atoms with Crippen LogP contribution in [0, 0.1) is 5.92 Å². The number of hydrogen-bond donors (Lipinski definition) is 2. The summed E-state index contributed by atoms with van der Waals surface area (Å²) in [5.41, 5.74) is 1.65. The molecular formula is C30H37N3O6S. The zero-order valence-corrected chi connectivity index (χ0v) is 24.1. The zero-order chi connectivity index (χ0) is 28.9. The Bertz CT molecular complexity index is 1400. The first-order valence-corrected chi connectivity index (χ1v) is 14.7. The van der Waals surface area contributed by atoms with Crippen molar-refractivity contribution in [2.75, 3.05) is 38.6 Å². The Morgan fingerprint density at radius 1 is 1.12 bits per heavy atom. The van der Waals surface area contributed by atoms with Gasteiger partial charge in [-0.2, -0.15) is 0 Å². The number of hydrogen-bond acceptors (Lipinski definition) is 7. The molecule has 1 heterocycles. The van der Waals surface area contributed by atoms with Crippen LogP contribution in [0.5, 0.6) is 11.5 Å². The second-order valence-corrected chi connectivity index (χ2v) is 12.0. The maximum Gasteiger partial charge on any atom is 0.261 e. The fourth-order valence-corrected chi connectivity index (χ4v) is 5.79. The summed E-state index contributed by atoms with van der Waals surface area (Å²) >= 11 is 0. The van der Waals surface area contributed by atoms with Gasteiger partial charge in [0.05, 0.1) is 30.2 Å². The van der Waals surface area contributed by atoms with Gasteiger partial charge in [-0.3, -0.25) is 14.4 Å². The Morgan fingerprint density at radius 2 is 1.82 bits per heavy atom. The quantitative estimate of drug-likeness (QED) is 0.383. The van der Waals surface area contributed by atoms with E-state index in [0.29, 0.717) is 24.6 Å². The van der Waals surface area contributed by atoms with Crippen LogP contribution in [0.15, 0.2) is 77.7 Å². The molecular weight excluding hydrogens is 530 g/mol. The minimum Gasteiger partial charge on any atom is -0.497 e. The van der Waals surface area contributed by atoms with Crippen molar-refractivity contribution in [3.8, 4) is 11.5 Å². The Morgan fingerprint density at radius 3 is 2.48 bits per heavy atom. The van der Waals surface area contributed by atoms with Gasteiger partial charge >= 0.3 is 0 Å². The fraction of sp³-hybridized carbons (Fsp3) is 0.367. The van der Waals surface area contributed by atoms with Gasteiger partial charge in [0.1, 0.15) is 17.6 Å². The summed E-state index contributed by atoms with van der Waals surface area (Å²) in [6, 6.07) is 20.5. The average molecular weight is 568 g/mol. The summed E-state index contributed by atoms with van der Waals surface area (Å²) in [5.74, 6) is 0.554. The van der Waals surface area contributed by atoms with Gasteiger partial charge in [-0.1, -0.05) is 37.3 Å². The van der Waals surface area contributed by atoms with Crippen LogP contribution in [0.3, 0.4) is 0 Å². The third-order valence-corrected chi connectivity index (χ3v) is 8.47. The molecule has 0 radical (unpaired) electrons. The normalized spacial score (nSPS) is 18.4. The second kappa shape index (κ2) is 12.7. The molecule has 2 N–H and O–H groups in total. The van der Waals surface area contributed by atoms with Crippen LogP contribution in [-0.2, 0) is 16.6 Å². The third kappa shape index (κ3) is 6.93. The van der Waals surface area contributed by atoms with Crippen molar-refractivity contribution in [3.63, 3.8) is 0 Å². The van der Waals surface area contributed by atoms with Crippen molar-refractivity contribution < 1.29 is 27.8 Å². The predicted molar refractivity (Wildman–Crippen MR) is 154 cm³/mol. The van der Waals surface area contributed by atoms with Gasteiger partial charge in [0.2, 0.25) is 0 Å². The van der Waals surface area contributed by atoms with Gasteiger partial charge in [0.25, 0.3) is 15.9 Å². The molecule has 4 rings (SSSR count). The van der Waals surface area contributed by atoms with Crippen molar-refractivity contribution in [2.45, 2.75) is 37.4 Å². The van der Waals surface area contributed by atoms with E-state index in [2.05, 4.69) is 21.8 Å². The van der Waals surface area contributed by atoms with Crippen LogP contribution < -0.4 is 14.2 Å². The van der Waals surface area contributed by atoms with Crippen molar-refractivity contribution in [3.05, 3.63) is 83.9 Å². The maximum atomic E-state index is 13.7. The summed E-state index contributed by atoms with van der Waals surface area (Å²) in [6.45, 7) is 5.36. The van der Waals surface area contributed by atoms with E-state index in [1.165, 1.54) is 30.9 Å². The SMILES string of the molecule is COc1ccc(S(=O)(=O)Nc2ccc3c(c2)C(=O)N([C@H](C)CO)C[C@@H](C)[C@@H](CN(C)Cc2ccccc2)O3)cc1. The second-order valence-electron chi connectivity index (χ2n) is 10.3. The summed E-state index contributed by atoms with van der Waals surface area (Å²) < 4.78 is 40.2. The van der Waals surface area contributed by atoms with E-state index in [9.17, 15) is 18.3 Å². The van der Waals surface area contributed by atoms with Crippen LogP contribution in [0.1, 0.15) is 29.8 Å². The topological polar surface area (TPSA) is 108 Å². The molecule has 0 saturated carbocycles. The highest BCUT2D eigenvalue weighted by atomic mass is 32.2. The smallest absolute Gasteiger partial charge is 0.261 e. The van der Waals surface area contributed by atoms with Crippen LogP contribution in [0.2, 0.25) is 0 Å². The first-order chi connectivity index (χ1) is 19.1. The zero-order valence-electron chi connectivity index (χ0n) is 23.3. The number of nitrogens with one attached hydrogen (secondary N) is 1. The van der Waals surface area contributed by atoms with Gasteiger partial charge in [-0.05, 0) is 62.0 Å². The number of carbonyl (C=O) groups excluding carboxylic acids is 1. The summed E-state index contributed by atoms with van der Waals surface area (Å²) in [5, 5.41) is 9.91. The molecule has 0 bridgehead atoms. The highest BCUT2D eigenvalue weighted by molar-refractivity contribution is 7.92. The molecule has 1 aliphatic heterocycles. The molecule has 3 aromatic carbocycles. The van der Waals surface area contributed by atoms with Crippen molar-refractivity contribution in [1.29, 1.82) is 0 Å². The summed E-state index contributed by atoms with van der Waals surface area (Å²) in [7, 11) is -0.383. The van der Waals surface area contributed by atoms with Crippen LogP contribution in [0.4, 0.5) is 5.69 Å². The molecule has 0 aromatic heterocycles. The van der Waals surface area contributed by atoms with Crippen molar-refractivity contribution in [2.24, 2.45) is 5.92 Å². The monoisotopic (exact) mass is 567 g/mol. The molecule has 0 aliphatic carbocycles. The highest BCUT2D eigenvalue weighted by Crippen LogP contribution is 2.31. The van der Waals surface area contributed by atoms with E-state index in [1.807, 2.05) is 32.2 Å². The van der Waals surface area contributed by atoms with Crippen molar-refractivity contribution >= 4 is 21.6 Å². The van der Waals surface area contributed by atoms with Gasteiger partial charge < -0.3 is 19.5 Å². The Labute approximate surface area is 236 Å². The van der Waals surface area contributed by atoms with Gasteiger partial charge in [0.15, 0.2) is 0 Å². The number of sulfonamides is 1. The number of aliphatic hydroxyl groups is 1. The van der Waals surface area contributed by atoms with E-state index >= 15 is 0 Å². The van der Waals surface area contributed by atoms with E-state index in [1.54, 1.807) is 36.1 Å².